The van der Waals surface area contributed by atoms with Crippen molar-refractivity contribution in [3.05, 3.63) is 76.9 Å². The second-order valence-corrected chi connectivity index (χ2v) is 11.4. The van der Waals surface area contributed by atoms with Crippen LogP contribution in [0.2, 0.25) is 0 Å². The van der Waals surface area contributed by atoms with E-state index in [4.69, 9.17) is 4.74 Å². The molecule has 232 valence electrons. The van der Waals surface area contributed by atoms with Gasteiger partial charge in [0.15, 0.2) is 11.6 Å². The quantitative estimate of drug-likeness (QED) is 0.341. The third-order valence-electron chi connectivity index (χ3n) is 8.52. The van der Waals surface area contributed by atoms with Crippen molar-refractivity contribution in [2.45, 2.75) is 51.6 Å². The van der Waals surface area contributed by atoms with Gasteiger partial charge >= 0.3 is 0 Å². The second kappa shape index (κ2) is 13.4. The largest absolute Gasteiger partial charge is 0.550 e. The van der Waals surface area contributed by atoms with Crippen LogP contribution in [-0.4, -0.2) is 53.9 Å². The fourth-order valence-electron chi connectivity index (χ4n) is 5.97. The number of ether oxygens (including phenoxy) is 1. The second-order valence-electron chi connectivity index (χ2n) is 11.4. The molecular formula is C33H33F2N3O6-2. The van der Waals surface area contributed by atoms with Gasteiger partial charge < -0.3 is 34.3 Å². The Hall–Kier alpha value is -4.54. The van der Waals surface area contributed by atoms with E-state index in [0.29, 0.717) is 63.4 Å². The van der Waals surface area contributed by atoms with Crippen molar-refractivity contribution in [3.8, 4) is 17.0 Å². The van der Waals surface area contributed by atoms with Crippen molar-refractivity contribution in [3.63, 3.8) is 0 Å². The van der Waals surface area contributed by atoms with Crippen LogP contribution in [0.4, 0.5) is 14.6 Å². The number of carboxylic acids is 2. The number of hydrogen-bond donors (Lipinski definition) is 0. The first kappa shape index (κ1) is 30.9. The van der Waals surface area contributed by atoms with E-state index in [-0.39, 0.29) is 23.8 Å². The Kier molecular flexibility index (Phi) is 9.41. The highest BCUT2D eigenvalue weighted by atomic mass is 19.1. The lowest BCUT2D eigenvalue weighted by molar-refractivity contribution is -0.312. The van der Waals surface area contributed by atoms with Crippen LogP contribution in [0.25, 0.3) is 11.3 Å². The molecule has 1 aromatic heterocycles. The number of aryl methyl sites for hydroxylation is 1. The summed E-state index contributed by atoms with van der Waals surface area (Å²) in [5.74, 6) is -4.32. The molecule has 0 saturated carbocycles. The molecule has 1 amide bonds. The zero-order chi connectivity index (χ0) is 31.4. The molecule has 2 fully saturated rings. The molecule has 0 atom stereocenters. The van der Waals surface area contributed by atoms with Gasteiger partial charge in [-0.2, -0.15) is 0 Å². The van der Waals surface area contributed by atoms with Crippen LogP contribution >= 0.6 is 0 Å². The van der Waals surface area contributed by atoms with E-state index in [1.807, 2.05) is 30.0 Å². The number of hydrogen-bond acceptors (Lipinski definition) is 8. The van der Waals surface area contributed by atoms with Crippen molar-refractivity contribution in [2.24, 2.45) is 5.92 Å². The Balaban J connectivity index is 1.28. The number of carbonyl (C=O) groups is 3. The van der Waals surface area contributed by atoms with Crippen LogP contribution in [0.5, 0.6) is 5.75 Å². The van der Waals surface area contributed by atoms with Crippen molar-refractivity contribution in [1.82, 2.24) is 9.88 Å². The van der Waals surface area contributed by atoms with Gasteiger partial charge in [0.25, 0.3) is 0 Å². The molecule has 3 aromatic rings. The van der Waals surface area contributed by atoms with Crippen LogP contribution in [0.3, 0.4) is 0 Å². The number of carboxylic acid groups (broad SMARTS) is 2. The topological polar surface area (TPSA) is 126 Å². The van der Waals surface area contributed by atoms with E-state index in [9.17, 15) is 29.0 Å². The summed E-state index contributed by atoms with van der Waals surface area (Å²) < 4.78 is 35.5. The Morgan fingerprint density at radius 2 is 1.68 bits per heavy atom. The zero-order valence-corrected chi connectivity index (χ0v) is 24.4. The molecule has 44 heavy (non-hydrogen) atoms. The summed E-state index contributed by atoms with van der Waals surface area (Å²) >= 11 is 0. The summed E-state index contributed by atoms with van der Waals surface area (Å²) in [5, 5.41) is 22.0. The normalized spacial score (nSPS) is 16.2. The molecule has 2 aromatic carbocycles. The highest BCUT2D eigenvalue weighted by molar-refractivity contribution is 5.92. The van der Waals surface area contributed by atoms with Crippen molar-refractivity contribution < 1.29 is 38.1 Å². The van der Waals surface area contributed by atoms with Crippen LogP contribution in [-0.2, 0) is 21.0 Å². The Morgan fingerprint density at radius 3 is 2.34 bits per heavy atom. The molecule has 0 N–H and O–H groups in total. The first-order valence-electron chi connectivity index (χ1n) is 14.7. The minimum atomic E-state index is -1.38. The van der Waals surface area contributed by atoms with Crippen LogP contribution in [0.15, 0.2) is 48.5 Å². The van der Waals surface area contributed by atoms with Crippen LogP contribution in [0.1, 0.15) is 54.7 Å². The molecule has 2 aliphatic heterocycles. The van der Waals surface area contributed by atoms with Gasteiger partial charge in [0.1, 0.15) is 18.2 Å². The van der Waals surface area contributed by atoms with Crippen molar-refractivity contribution in [2.75, 3.05) is 31.1 Å². The maximum Gasteiger partial charge on any atom is 0.228 e. The van der Waals surface area contributed by atoms with Gasteiger partial charge in [-0.1, -0.05) is 24.3 Å². The minimum Gasteiger partial charge on any atom is -0.550 e. The smallest absolute Gasteiger partial charge is 0.228 e. The van der Waals surface area contributed by atoms with Crippen LogP contribution in [0, 0.1) is 24.5 Å². The number of halogens is 2. The maximum atomic E-state index is 15.1. The van der Waals surface area contributed by atoms with Gasteiger partial charge in [0.2, 0.25) is 5.91 Å². The van der Waals surface area contributed by atoms with E-state index in [1.54, 1.807) is 23.1 Å². The van der Waals surface area contributed by atoms with Gasteiger partial charge in [-0.15, -0.1) is 0 Å². The molecule has 2 aliphatic rings. The average molecular weight is 606 g/mol. The minimum absolute atomic E-state index is 0.0360. The SMILES string of the molecule is Cc1cc(C2CCN(C(=O)CC(=O)[O-])CC2)ccc1COc1c(F)cc(F)cc1-c1cccc(N2CCC(C(=O)[O-])CC2)n1. The van der Waals surface area contributed by atoms with Crippen molar-refractivity contribution in [1.29, 1.82) is 0 Å². The number of piperidine rings is 2. The summed E-state index contributed by atoms with van der Waals surface area (Å²) in [6, 6.07) is 13.1. The predicted molar refractivity (Wildman–Crippen MR) is 153 cm³/mol. The third kappa shape index (κ3) is 7.15. The van der Waals surface area contributed by atoms with E-state index in [0.717, 1.165) is 22.8 Å². The highest BCUT2D eigenvalue weighted by Crippen LogP contribution is 2.35. The molecule has 0 unspecified atom stereocenters. The molecule has 0 spiro atoms. The molecule has 0 aliphatic carbocycles. The van der Waals surface area contributed by atoms with Crippen LogP contribution < -0.4 is 19.8 Å². The third-order valence-corrected chi connectivity index (χ3v) is 8.52. The monoisotopic (exact) mass is 605 g/mol. The maximum absolute atomic E-state index is 15.1. The number of carbonyl (C=O) groups excluding carboxylic acids is 3. The number of pyridine rings is 1. The molecule has 0 bridgehead atoms. The first-order valence-corrected chi connectivity index (χ1v) is 14.7. The number of aromatic nitrogens is 1. The lowest BCUT2D eigenvalue weighted by atomic mass is 9.87. The Bertz CT molecular complexity index is 1550. The Labute approximate surface area is 254 Å². The number of likely N-dealkylation sites (tertiary alicyclic amines) is 1. The van der Waals surface area contributed by atoms with Gasteiger partial charge in [-0.3, -0.25) is 4.79 Å². The molecule has 9 nitrogen and oxygen atoms in total. The number of aliphatic carboxylic acids is 2. The van der Waals surface area contributed by atoms with E-state index < -0.39 is 41.8 Å². The summed E-state index contributed by atoms with van der Waals surface area (Å²) in [7, 11) is 0. The fraction of sp³-hybridized carbons (Fsp3) is 0.394. The summed E-state index contributed by atoms with van der Waals surface area (Å²) in [4.78, 5) is 42.1. The summed E-state index contributed by atoms with van der Waals surface area (Å²) in [6.45, 7) is 3.86. The number of nitrogens with zero attached hydrogens (tertiary/aromatic N) is 3. The van der Waals surface area contributed by atoms with Gasteiger partial charge in [-0.25, -0.2) is 13.8 Å². The Morgan fingerprint density at radius 1 is 0.955 bits per heavy atom. The molecule has 11 heteroatoms. The lowest BCUT2D eigenvalue weighted by Crippen LogP contribution is -2.41. The predicted octanol–water partition coefficient (Wildman–Crippen LogP) is 2.73. The molecular weight excluding hydrogens is 572 g/mol. The van der Waals surface area contributed by atoms with E-state index in [1.165, 1.54) is 6.07 Å². The van der Waals surface area contributed by atoms with Crippen molar-refractivity contribution >= 4 is 23.7 Å². The average Bonchev–Trinajstić information content (AvgIpc) is 3.00. The van der Waals surface area contributed by atoms with Gasteiger partial charge in [-0.05, 0) is 73.4 Å². The van der Waals surface area contributed by atoms with Gasteiger partial charge in [0, 0.05) is 49.7 Å². The van der Waals surface area contributed by atoms with Gasteiger partial charge in [0.05, 0.1) is 18.1 Å². The van der Waals surface area contributed by atoms with E-state index >= 15 is 4.39 Å². The van der Waals surface area contributed by atoms with E-state index in [2.05, 4.69) is 4.98 Å². The number of benzene rings is 2. The standard InChI is InChI=1S/C33H35F2N3O6/c1-20-15-23(21-7-13-38(14-8-21)30(39)18-31(40)41)5-6-24(20)19-44-32-26(16-25(34)17-27(32)35)28-3-2-4-29(36-28)37-11-9-22(10-12-37)33(42)43/h2-6,15-17,21-22H,7-14,18-19H2,1H3,(H,40,41)(H,42,43)/p-2. The fourth-order valence-corrected chi connectivity index (χ4v) is 5.97. The zero-order valence-electron chi connectivity index (χ0n) is 24.4. The molecule has 2 saturated heterocycles. The molecule has 5 rings (SSSR count). The molecule has 0 radical (unpaired) electrons. The number of amides is 1. The highest BCUT2D eigenvalue weighted by Gasteiger charge is 2.25. The summed E-state index contributed by atoms with van der Waals surface area (Å²) in [5.41, 5.74) is 3.35. The number of rotatable bonds is 9. The molecule has 3 heterocycles. The first-order chi connectivity index (χ1) is 21.1. The summed E-state index contributed by atoms with van der Waals surface area (Å²) in [6.07, 6.45) is 1.66. The number of anilines is 1. The lowest BCUT2D eigenvalue weighted by Gasteiger charge is -2.33.